The smallest absolute Gasteiger partial charge is 0.281 e. The van der Waals surface area contributed by atoms with Crippen LogP contribution in [-0.2, 0) is 10.0 Å². The van der Waals surface area contributed by atoms with Crippen LogP contribution in [0.25, 0.3) is 0 Å². The largest absolute Gasteiger partial charge is 0.321 e. The molecule has 2 aromatic rings. The number of rotatable bonds is 4. The molecule has 0 aliphatic heterocycles. The highest BCUT2D eigenvalue weighted by atomic mass is 35.5. The van der Waals surface area contributed by atoms with E-state index in [2.05, 4.69) is 15.1 Å². The van der Waals surface area contributed by atoms with Gasteiger partial charge in [0.25, 0.3) is 10.0 Å². The van der Waals surface area contributed by atoms with Crippen LogP contribution in [0.1, 0.15) is 0 Å². The van der Waals surface area contributed by atoms with Crippen LogP contribution in [0, 0.1) is 5.82 Å². The second kappa shape index (κ2) is 5.61. The third-order valence-electron chi connectivity index (χ3n) is 2.35. The van der Waals surface area contributed by atoms with Crippen LogP contribution in [0.4, 0.5) is 15.8 Å². The predicted molar refractivity (Wildman–Crippen MR) is 74.3 cm³/mol. The molecule has 0 aliphatic rings. The Morgan fingerprint density at radius 2 is 2.00 bits per heavy atom. The van der Waals surface area contributed by atoms with E-state index in [1.54, 1.807) is 0 Å². The number of nitrogen functional groups attached to an aromatic ring is 1. The summed E-state index contributed by atoms with van der Waals surface area (Å²) in [5.41, 5.74) is 2.25. The van der Waals surface area contributed by atoms with E-state index in [4.69, 9.17) is 17.4 Å². The lowest BCUT2D eigenvalue weighted by Gasteiger charge is -2.11. The summed E-state index contributed by atoms with van der Waals surface area (Å²) in [5, 5.41) is -0.254. The van der Waals surface area contributed by atoms with Gasteiger partial charge in [-0.1, -0.05) is 11.6 Å². The van der Waals surface area contributed by atoms with Crippen molar-refractivity contribution >= 4 is 33.0 Å². The zero-order valence-corrected chi connectivity index (χ0v) is 11.5. The van der Waals surface area contributed by atoms with Gasteiger partial charge in [0, 0.05) is 6.20 Å². The molecule has 0 fully saturated rings. The van der Waals surface area contributed by atoms with Crippen LogP contribution in [0.2, 0.25) is 5.02 Å². The van der Waals surface area contributed by atoms with Gasteiger partial charge in [-0.3, -0.25) is 10.6 Å². The summed E-state index contributed by atoms with van der Waals surface area (Å²) in [6.45, 7) is 0. The van der Waals surface area contributed by atoms with E-state index < -0.39 is 15.8 Å². The molecule has 0 amide bonds. The van der Waals surface area contributed by atoms with Crippen molar-refractivity contribution in [2.75, 3.05) is 10.1 Å². The molecule has 0 bridgehead atoms. The highest BCUT2D eigenvalue weighted by Crippen LogP contribution is 2.26. The molecule has 0 radical (unpaired) electrons. The Labute approximate surface area is 119 Å². The van der Waals surface area contributed by atoms with Crippen molar-refractivity contribution in [3.05, 3.63) is 47.4 Å². The van der Waals surface area contributed by atoms with Crippen molar-refractivity contribution in [1.29, 1.82) is 0 Å². The highest BCUT2D eigenvalue weighted by Gasteiger charge is 2.21. The van der Waals surface area contributed by atoms with Crippen molar-refractivity contribution in [2.45, 2.75) is 5.03 Å². The Kier molecular flexibility index (Phi) is 4.07. The van der Waals surface area contributed by atoms with Gasteiger partial charge in [-0.25, -0.2) is 9.37 Å². The van der Waals surface area contributed by atoms with Gasteiger partial charge in [0.2, 0.25) is 5.03 Å². The molecule has 0 atom stereocenters. The summed E-state index contributed by atoms with van der Waals surface area (Å²) in [4.78, 5) is 3.74. The molecule has 106 valence electrons. The third kappa shape index (κ3) is 2.98. The number of hydrazine groups is 1. The summed E-state index contributed by atoms with van der Waals surface area (Å²) < 4.78 is 39.7. The first-order valence-corrected chi connectivity index (χ1v) is 7.19. The highest BCUT2D eigenvalue weighted by molar-refractivity contribution is 7.92. The van der Waals surface area contributed by atoms with Crippen LogP contribution in [-0.4, -0.2) is 13.4 Å². The number of hydrogen-bond acceptors (Lipinski definition) is 5. The minimum absolute atomic E-state index is 0.0631. The maximum Gasteiger partial charge on any atom is 0.281 e. The number of sulfonamides is 1. The zero-order chi connectivity index (χ0) is 14.8. The van der Waals surface area contributed by atoms with Crippen molar-refractivity contribution in [2.24, 2.45) is 5.84 Å². The van der Waals surface area contributed by atoms with E-state index in [0.717, 1.165) is 12.1 Å². The molecule has 0 spiro atoms. The standard InChI is InChI=1S/C11H10ClFN4O2S/c12-8-4-3-7(13)6-10(8)17-20(18,19)11-9(16-14)2-1-5-15-11/h1-6,16-17H,14H2. The maximum atomic E-state index is 13.1. The molecule has 2 rings (SSSR count). The zero-order valence-electron chi connectivity index (χ0n) is 9.97. The van der Waals surface area contributed by atoms with Crippen molar-refractivity contribution in [3.63, 3.8) is 0 Å². The van der Waals surface area contributed by atoms with E-state index >= 15 is 0 Å². The van der Waals surface area contributed by atoms with Crippen LogP contribution >= 0.6 is 11.6 Å². The number of halogens is 2. The minimum atomic E-state index is -4.05. The molecular weight excluding hydrogens is 307 g/mol. The van der Waals surface area contributed by atoms with E-state index in [-0.39, 0.29) is 21.4 Å². The van der Waals surface area contributed by atoms with E-state index in [1.807, 2.05) is 0 Å². The minimum Gasteiger partial charge on any atom is -0.321 e. The number of nitrogens with two attached hydrogens (primary N) is 1. The molecule has 4 N–H and O–H groups in total. The normalized spacial score (nSPS) is 11.2. The number of nitrogens with zero attached hydrogens (tertiary/aromatic N) is 1. The molecule has 6 nitrogen and oxygen atoms in total. The van der Waals surface area contributed by atoms with E-state index in [0.29, 0.717) is 0 Å². The number of hydrogen-bond donors (Lipinski definition) is 3. The third-order valence-corrected chi connectivity index (χ3v) is 4.01. The number of nitrogens with one attached hydrogen (secondary N) is 2. The molecule has 0 unspecified atom stereocenters. The lowest BCUT2D eigenvalue weighted by molar-refractivity contribution is 0.598. The number of benzene rings is 1. The first-order valence-electron chi connectivity index (χ1n) is 5.33. The fourth-order valence-electron chi connectivity index (χ4n) is 1.48. The van der Waals surface area contributed by atoms with E-state index in [1.165, 1.54) is 24.4 Å². The summed E-state index contributed by atoms with van der Waals surface area (Å²) in [5.74, 6) is 4.61. The Balaban J connectivity index is 2.43. The molecule has 0 saturated heterocycles. The first kappa shape index (κ1) is 14.5. The van der Waals surface area contributed by atoms with Gasteiger partial charge in [-0.05, 0) is 30.3 Å². The van der Waals surface area contributed by atoms with Gasteiger partial charge in [-0.2, -0.15) is 8.42 Å². The van der Waals surface area contributed by atoms with Crippen molar-refractivity contribution in [3.8, 4) is 0 Å². The average molecular weight is 317 g/mol. The SMILES string of the molecule is NNc1cccnc1S(=O)(=O)Nc1cc(F)ccc1Cl. The van der Waals surface area contributed by atoms with Crippen LogP contribution in [0.3, 0.4) is 0 Å². The fraction of sp³-hybridized carbons (Fsp3) is 0. The van der Waals surface area contributed by atoms with Crippen LogP contribution in [0.15, 0.2) is 41.6 Å². The van der Waals surface area contributed by atoms with Gasteiger partial charge in [-0.15, -0.1) is 0 Å². The topological polar surface area (TPSA) is 97.1 Å². The Hall–Kier alpha value is -1.90. The van der Waals surface area contributed by atoms with Gasteiger partial charge in [0.05, 0.1) is 16.4 Å². The summed E-state index contributed by atoms with van der Waals surface area (Å²) in [6, 6.07) is 6.29. The van der Waals surface area contributed by atoms with Crippen molar-refractivity contribution < 1.29 is 12.8 Å². The predicted octanol–water partition coefficient (Wildman–Crippen LogP) is 1.96. The Morgan fingerprint density at radius 1 is 1.25 bits per heavy atom. The second-order valence-corrected chi connectivity index (χ2v) is 5.74. The number of anilines is 2. The Bertz CT molecular complexity index is 739. The second-order valence-electron chi connectivity index (χ2n) is 3.73. The first-order chi connectivity index (χ1) is 9.44. The molecule has 1 heterocycles. The molecular formula is C11H10ClFN4O2S. The van der Waals surface area contributed by atoms with Crippen molar-refractivity contribution in [1.82, 2.24) is 4.98 Å². The quantitative estimate of drug-likeness (QED) is 0.592. The monoisotopic (exact) mass is 316 g/mol. The van der Waals surface area contributed by atoms with Gasteiger partial charge >= 0.3 is 0 Å². The Morgan fingerprint density at radius 3 is 2.70 bits per heavy atom. The van der Waals surface area contributed by atoms with Gasteiger partial charge in [0.1, 0.15) is 5.82 Å². The lowest BCUT2D eigenvalue weighted by Crippen LogP contribution is -2.19. The van der Waals surface area contributed by atoms with Crippen LogP contribution < -0.4 is 16.0 Å². The summed E-state index contributed by atoms with van der Waals surface area (Å²) in [6.07, 6.45) is 1.29. The molecule has 1 aromatic carbocycles. The lowest BCUT2D eigenvalue weighted by atomic mass is 10.3. The fourth-order valence-corrected chi connectivity index (χ4v) is 2.88. The molecule has 0 aliphatic carbocycles. The number of aromatic nitrogens is 1. The molecule has 0 saturated carbocycles. The summed E-state index contributed by atoms with van der Waals surface area (Å²) >= 11 is 5.81. The van der Waals surface area contributed by atoms with E-state index in [9.17, 15) is 12.8 Å². The summed E-state index contributed by atoms with van der Waals surface area (Å²) in [7, 11) is -4.05. The molecule has 9 heteroatoms. The maximum absolute atomic E-state index is 13.1. The van der Waals surface area contributed by atoms with Gasteiger partial charge in [0.15, 0.2) is 0 Å². The average Bonchev–Trinajstić information content (AvgIpc) is 2.42. The van der Waals surface area contributed by atoms with Gasteiger partial charge < -0.3 is 5.43 Å². The van der Waals surface area contributed by atoms with Crippen LogP contribution in [0.5, 0.6) is 0 Å². The molecule has 20 heavy (non-hydrogen) atoms. The molecule has 1 aromatic heterocycles. The number of pyridine rings is 1.